The largest absolute Gasteiger partial charge is 0.356 e. The van der Waals surface area contributed by atoms with Crippen LogP contribution in [0.2, 0.25) is 0 Å². The third-order valence-corrected chi connectivity index (χ3v) is 4.95. The Hall–Kier alpha value is -1.20. The van der Waals surface area contributed by atoms with Gasteiger partial charge in [-0.1, -0.05) is 0 Å². The summed E-state index contributed by atoms with van der Waals surface area (Å²) in [7, 11) is 4.37. The Balaban J connectivity index is 1.89. The van der Waals surface area contributed by atoms with E-state index in [1.807, 2.05) is 6.92 Å². The predicted octanol–water partition coefficient (Wildman–Crippen LogP) is 2.92. The summed E-state index contributed by atoms with van der Waals surface area (Å²) in [6.45, 7) is 4.18. The van der Waals surface area contributed by atoms with E-state index in [-0.39, 0.29) is 0 Å². The highest BCUT2D eigenvalue weighted by atomic mass is 32.1. The second-order valence-corrected chi connectivity index (χ2v) is 6.66. The number of nitrogens with zero attached hydrogens (tertiary/aromatic N) is 4. The first-order chi connectivity index (χ1) is 9.65. The molecule has 1 aliphatic rings. The minimum Gasteiger partial charge on any atom is -0.356 e. The van der Waals surface area contributed by atoms with Crippen LogP contribution in [0, 0.1) is 6.92 Å². The average molecular weight is 290 g/mol. The van der Waals surface area contributed by atoms with E-state index in [0.29, 0.717) is 6.04 Å². The van der Waals surface area contributed by atoms with Gasteiger partial charge in [0.05, 0.1) is 5.39 Å². The second kappa shape index (κ2) is 5.66. The van der Waals surface area contributed by atoms with Gasteiger partial charge < -0.3 is 9.80 Å². The Kier molecular flexibility index (Phi) is 3.89. The lowest BCUT2D eigenvalue weighted by Crippen LogP contribution is -2.30. The summed E-state index contributed by atoms with van der Waals surface area (Å²) in [6.07, 6.45) is 3.72. The second-order valence-electron chi connectivity index (χ2n) is 5.77. The molecule has 2 aromatic heterocycles. The molecule has 0 aliphatic carbocycles. The van der Waals surface area contributed by atoms with Crippen LogP contribution in [-0.4, -0.2) is 48.1 Å². The number of fused-ring (bicyclic) bond motifs is 1. The third-order valence-electron chi connectivity index (χ3n) is 4.14. The van der Waals surface area contributed by atoms with Gasteiger partial charge in [0, 0.05) is 19.1 Å². The lowest BCUT2D eigenvalue weighted by molar-refractivity contribution is 0.272. The maximum Gasteiger partial charge on any atom is 0.141 e. The first-order valence-corrected chi connectivity index (χ1v) is 8.16. The van der Waals surface area contributed by atoms with Crippen molar-refractivity contribution in [1.82, 2.24) is 14.9 Å². The summed E-state index contributed by atoms with van der Waals surface area (Å²) in [5.74, 6) is 2.01. The molecule has 20 heavy (non-hydrogen) atoms. The van der Waals surface area contributed by atoms with Gasteiger partial charge >= 0.3 is 0 Å². The van der Waals surface area contributed by atoms with Gasteiger partial charge in [-0.25, -0.2) is 9.97 Å². The molecule has 1 aliphatic heterocycles. The highest BCUT2D eigenvalue weighted by Gasteiger charge is 2.21. The number of aryl methyl sites for hydroxylation is 1. The van der Waals surface area contributed by atoms with Crippen LogP contribution < -0.4 is 4.90 Å². The lowest BCUT2D eigenvalue weighted by Gasteiger charge is -2.24. The molecule has 0 aromatic carbocycles. The van der Waals surface area contributed by atoms with Gasteiger partial charge in [-0.2, -0.15) is 0 Å². The summed E-state index contributed by atoms with van der Waals surface area (Å²) < 4.78 is 0. The summed E-state index contributed by atoms with van der Waals surface area (Å²) in [5, 5.41) is 3.33. The smallest absolute Gasteiger partial charge is 0.141 e. The predicted molar refractivity (Wildman–Crippen MR) is 85.7 cm³/mol. The molecule has 0 saturated carbocycles. The molecule has 0 amide bonds. The van der Waals surface area contributed by atoms with Crippen molar-refractivity contribution in [2.75, 3.05) is 32.1 Å². The fourth-order valence-corrected chi connectivity index (χ4v) is 3.80. The number of hydrogen-bond acceptors (Lipinski definition) is 5. The molecule has 0 bridgehead atoms. The van der Waals surface area contributed by atoms with Gasteiger partial charge in [-0.05, 0) is 51.7 Å². The molecule has 1 fully saturated rings. The van der Waals surface area contributed by atoms with Crippen molar-refractivity contribution < 1.29 is 0 Å². The van der Waals surface area contributed by atoms with Gasteiger partial charge in [-0.3, -0.25) is 0 Å². The minimum absolute atomic E-state index is 0.695. The molecule has 108 valence electrons. The zero-order chi connectivity index (χ0) is 14.1. The van der Waals surface area contributed by atoms with Gasteiger partial charge in [-0.15, -0.1) is 11.3 Å². The van der Waals surface area contributed by atoms with Crippen LogP contribution in [0.4, 0.5) is 5.82 Å². The molecule has 0 radical (unpaired) electrons. The van der Waals surface area contributed by atoms with Gasteiger partial charge in [0.1, 0.15) is 16.5 Å². The number of anilines is 1. The highest BCUT2D eigenvalue weighted by Crippen LogP contribution is 2.29. The lowest BCUT2D eigenvalue weighted by atomic mass is 10.1. The van der Waals surface area contributed by atoms with Crippen molar-refractivity contribution in [3.05, 3.63) is 17.3 Å². The zero-order valence-electron chi connectivity index (χ0n) is 12.5. The van der Waals surface area contributed by atoms with Crippen molar-refractivity contribution in [2.24, 2.45) is 0 Å². The number of thiophene rings is 1. The topological polar surface area (TPSA) is 32.3 Å². The van der Waals surface area contributed by atoms with Crippen LogP contribution in [-0.2, 0) is 0 Å². The fourth-order valence-electron chi connectivity index (χ4n) is 2.99. The fraction of sp³-hybridized carbons (Fsp3) is 0.600. The van der Waals surface area contributed by atoms with E-state index < -0.39 is 0 Å². The van der Waals surface area contributed by atoms with Crippen molar-refractivity contribution >= 4 is 27.4 Å². The van der Waals surface area contributed by atoms with E-state index in [1.165, 1.54) is 24.6 Å². The van der Waals surface area contributed by atoms with Crippen LogP contribution >= 0.6 is 11.3 Å². The Labute approximate surface area is 124 Å². The monoisotopic (exact) mass is 290 g/mol. The summed E-state index contributed by atoms with van der Waals surface area (Å²) in [5.41, 5.74) is 0. The number of rotatable bonds is 2. The summed E-state index contributed by atoms with van der Waals surface area (Å²) >= 11 is 1.70. The number of aromatic nitrogens is 2. The molecule has 5 heteroatoms. The number of hydrogen-bond donors (Lipinski definition) is 0. The molecule has 3 rings (SSSR count). The average Bonchev–Trinajstić information content (AvgIpc) is 2.73. The minimum atomic E-state index is 0.695. The molecule has 2 aromatic rings. The highest BCUT2D eigenvalue weighted by molar-refractivity contribution is 7.16. The van der Waals surface area contributed by atoms with Crippen molar-refractivity contribution in [2.45, 2.75) is 32.2 Å². The van der Waals surface area contributed by atoms with E-state index in [4.69, 9.17) is 4.98 Å². The molecular formula is C15H22N4S. The quantitative estimate of drug-likeness (QED) is 0.851. The van der Waals surface area contributed by atoms with E-state index >= 15 is 0 Å². The molecule has 1 unspecified atom stereocenters. The van der Waals surface area contributed by atoms with Gasteiger partial charge in [0.15, 0.2) is 0 Å². The van der Waals surface area contributed by atoms with Crippen molar-refractivity contribution in [3.63, 3.8) is 0 Å². The van der Waals surface area contributed by atoms with E-state index in [9.17, 15) is 0 Å². The molecule has 1 atom stereocenters. The van der Waals surface area contributed by atoms with Crippen molar-refractivity contribution in [3.8, 4) is 0 Å². The molecule has 1 saturated heterocycles. The van der Waals surface area contributed by atoms with Crippen LogP contribution in [0.15, 0.2) is 11.4 Å². The SMILES string of the molecule is Cc1nc(N2CCCC(N(C)C)CC2)c2ccsc2n1. The van der Waals surface area contributed by atoms with Crippen molar-refractivity contribution in [1.29, 1.82) is 0 Å². The van der Waals surface area contributed by atoms with E-state index in [0.717, 1.165) is 29.6 Å². The van der Waals surface area contributed by atoms with Crippen LogP contribution in [0.1, 0.15) is 25.1 Å². The Morgan fingerprint density at radius 2 is 2.10 bits per heavy atom. The molecular weight excluding hydrogens is 268 g/mol. The van der Waals surface area contributed by atoms with Crippen LogP contribution in [0.25, 0.3) is 10.2 Å². The van der Waals surface area contributed by atoms with Gasteiger partial charge in [0.2, 0.25) is 0 Å². The third kappa shape index (κ3) is 2.65. The maximum atomic E-state index is 4.72. The first-order valence-electron chi connectivity index (χ1n) is 7.28. The standard InChI is InChI=1S/C15H22N4S/c1-11-16-14(13-7-10-20-15(13)17-11)19-8-4-5-12(6-9-19)18(2)3/h7,10,12H,4-6,8-9H2,1-3H3. The van der Waals surface area contributed by atoms with Crippen LogP contribution in [0.5, 0.6) is 0 Å². The Morgan fingerprint density at radius 3 is 2.90 bits per heavy atom. The maximum absolute atomic E-state index is 4.72. The van der Waals surface area contributed by atoms with E-state index in [2.05, 4.69) is 40.3 Å². The normalized spacial score (nSPS) is 20.6. The molecule has 0 spiro atoms. The Bertz CT molecular complexity index is 593. The summed E-state index contributed by atoms with van der Waals surface area (Å²) in [4.78, 5) is 15.2. The summed E-state index contributed by atoms with van der Waals surface area (Å²) in [6, 6.07) is 2.85. The first kappa shape index (κ1) is 13.8. The van der Waals surface area contributed by atoms with Gasteiger partial charge in [0.25, 0.3) is 0 Å². The van der Waals surface area contributed by atoms with Crippen LogP contribution in [0.3, 0.4) is 0 Å². The Morgan fingerprint density at radius 1 is 1.25 bits per heavy atom. The molecule has 0 N–H and O–H groups in total. The molecule has 3 heterocycles. The molecule has 4 nitrogen and oxygen atoms in total. The van der Waals surface area contributed by atoms with E-state index in [1.54, 1.807) is 11.3 Å². The zero-order valence-corrected chi connectivity index (χ0v) is 13.3.